The molecule has 2 saturated heterocycles. The van der Waals surface area contributed by atoms with Gasteiger partial charge in [0, 0.05) is 5.56 Å². The van der Waals surface area contributed by atoms with Crippen molar-refractivity contribution < 1.29 is 23.6 Å². The van der Waals surface area contributed by atoms with E-state index in [0.29, 0.717) is 29.3 Å². The van der Waals surface area contributed by atoms with Gasteiger partial charge in [-0.15, -0.1) is 0 Å². The van der Waals surface area contributed by atoms with Crippen molar-refractivity contribution in [2.45, 2.75) is 25.5 Å². The predicted molar refractivity (Wildman–Crippen MR) is 121 cm³/mol. The van der Waals surface area contributed by atoms with Crippen molar-refractivity contribution in [3.63, 3.8) is 0 Å². The number of nitrogens with zero attached hydrogens (tertiary/aromatic N) is 2. The van der Waals surface area contributed by atoms with Crippen LogP contribution in [0.15, 0.2) is 78.9 Å². The van der Waals surface area contributed by atoms with Crippen molar-refractivity contribution in [2.24, 2.45) is 5.92 Å². The highest BCUT2D eigenvalue weighted by Gasteiger charge is 2.60. The molecule has 0 N–H and O–H groups in total. The molecular formula is C26H23FN2O4. The first kappa shape index (κ1) is 21.2. The molecule has 0 spiro atoms. The zero-order valence-corrected chi connectivity index (χ0v) is 18.1. The lowest BCUT2D eigenvalue weighted by Crippen LogP contribution is -2.37. The smallest absolute Gasteiger partial charge is 0.266 e. The van der Waals surface area contributed by atoms with Crippen LogP contribution in [0.3, 0.4) is 0 Å². The third-order valence-corrected chi connectivity index (χ3v) is 5.92. The van der Waals surface area contributed by atoms with Gasteiger partial charge in [-0.1, -0.05) is 43.3 Å². The van der Waals surface area contributed by atoms with Gasteiger partial charge in [-0.3, -0.25) is 14.4 Å². The van der Waals surface area contributed by atoms with Crippen LogP contribution in [0.25, 0.3) is 0 Å². The van der Waals surface area contributed by atoms with Crippen LogP contribution in [0.5, 0.6) is 5.75 Å². The molecule has 168 valence electrons. The number of para-hydroxylation sites is 1. The molecule has 0 unspecified atom stereocenters. The second-order valence-corrected chi connectivity index (χ2v) is 8.03. The first-order valence-corrected chi connectivity index (χ1v) is 11.0. The van der Waals surface area contributed by atoms with E-state index in [9.17, 15) is 14.0 Å². The minimum Gasteiger partial charge on any atom is -0.494 e. The number of hydroxylamine groups is 1. The lowest BCUT2D eigenvalue weighted by Gasteiger charge is -2.29. The maximum absolute atomic E-state index is 14.9. The Morgan fingerprint density at radius 1 is 0.879 bits per heavy atom. The fraction of sp³-hybridized carbons (Fsp3) is 0.231. The van der Waals surface area contributed by atoms with Gasteiger partial charge in [-0.05, 0) is 48.9 Å². The van der Waals surface area contributed by atoms with Crippen LogP contribution in [0.2, 0.25) is 0 Å². The van der Waals surface area contributed by atoms with Gasteiger partial charge in [0.2, 0.25) is 5.91 Å². The van der Waals surface area contributed by atoms with Gasteiger partial charge in [-0.2, -0.15) is 0 Å². The topological polar surface area (TPSA) is 59.1 Å². The Morgan fingerprint density at radius 3 is 2.27 bits per heavy atom. The van der Waals surface area contributed by atoms with Gasteiger partial charge < -0.3 is 4.74 Å². The zero-order chi connectivity index (χ0) is 22.9. The number of amides is 2. The Bertz CT molecular complexity index is 1170. The summed E-state index contributed by atoms with van der Waals surface area (Å²) in [5.41, 5.74) is 1.38. The lowest BCUT2D eigenvalue weighted by molar-refractivity contribution is -0.126. The average molecular weight is 446 g/mol. The number of hydrogen-bond donors (Lipinski definition) is 0. The Labute approximate surface area is 191 Å². The van der Waals surface area contributed by atoms with E-state index in [1.165, 1.54) is 11.1 Å². The van der Waals surface area contributed by atoms with Crippen LogP contribution in [-0.4, -0.2) is 24.5 Å². The van der Waals surface area contributed by atoms with Gasteiger partial charge >= 0.3 is 0 Å². The molecule has 0 saturated carbocycles. The summed E-state index contributed by atoms with van der Waals surface area (Å²) < 4.78 is 20.5. The molecule has 3 aromatic carbocycles. The number of hydrogen-bond acceptors (Lipinski definition) is 5. The highest BCUT2D eigenvalue weighted by molar-refractivity contribution is 6.23. The van der Waals surface area contributed by atoms with Crippen molar-refractivity contribution in [1.82, 2.24) is 0 Å². The minimum absolute atomic E-state index is 0.306. The summed E-state index contributed by atoms with van der Waals surface area (Å²) in [6.45, 7) is 2.60. The van der Waals surface area contributed by atoms with Gasteiger partial charge in [-0.25, -0.2) is 14.4 Å². The van der Waals surface area contributed by atoms with E-state index >= 15 is 0 Å². The first-order valence-electron chi connectivity index (χ1n) is 11.0. The van der Waals surface area contributed by atoms with Gasteiger partial charge in [0.25, 0.3) is 5.91 Å². The Hall–Kier alpha value is -3.71. The van der Waals surface area contributed by atoms with Crippen molar-refractivity contribution in [3.8, 4) is 5.75 Å². The van der Waals surface area contributed by atoms with E-state index in [4.69, 9.17) is 9.57 Å². The highest BCUT2D eigenvalue weighted by atomic mass is 19.1. The van der Waals surface area contributed by atoms with Crippen LogP contribution < -0.4 is 14.7 Å². The first-order chi connectivity index (χ1) is 16.1. The van der Waals surface area contributed by atoms with E-state index < -0.39 is 35.7 Å². The van der Waals surface area contributed by atoms with E-state index in [2.05, 4.69) is 0 Å². The number of ether oxygens (including phenoxy) is 1. The molecule has 2 amide bonds. The molecule has 2 aliphatic heterocycles. The van der Waals surface area contributed by atoms with Crippen LogP contribution in [0, 0.1) is 11.7 Å². The molecule has 3 aromatic rings. The molecule has 0 aliphatic carbocycles. The SMILES string of the molecule is CCCOc1ccc(N2C(=O)[C@H]3[C@H](ON(c4ccccc4)[C@H]3c3ccccc3F)C2=O)cc1. The van der Waals surface area contributed by atoms with Crippen molar-refractivity contribution in [2.75, 3.05) is 16.6 Å². The van der Waals surface area contributed by atoms with Crippen molar-refractivity contribution in [3.05, 3.63) is 90.2 Å². The lowest BCUT2D eigenvalue weighted by atomic mass is 9.90. The largest absolute Gasteiger partial charge is 0.494 e. The van der Waals surface area contributed by atoms with Gasteiger partial charge in [0.15, 0.2) is 6.10 Å². The molecule has 0 aromatic heterocycles. The molecule has 7 heteroatoms. The molecule has 2 heterocycles. The number of carbonyl (C=O) groups excluding carboxylic acids is 2. The highest BCUT2D eigenvalue weighted by Crippen LogP contribution is 2.48. The molecule has 6 nitrogen and oxygen atoms in total. The number of rotatable bonds is 6. The number of benzene rings is 3. The minimum atomic E-state index is -1.04. The second-order valence-electron chi connectivity index (χ2n) is 8.03. The summed E-state index contributed by atoms with van der Waals surface area (Å²) in [7, 11) is 0. The molecule has 2 fully saturated rings. The number of halogens is 1. The van der Waals surface area contributed by atoms with Crippen LogP contribution in [-0.2, 0) is 14.4 Å². The number of imide groups is 1. The molecule has 33 heavy (non-hydrogen) atoms. The third-order valence-electron chi connectivity index (χ3n) is 5.92. The maximum atomic E-state index is 14.9. The third kappa shape index (κ3) is 3.64. The summed E-state index contributed by atoms with van der Waals surface area (Å²) in [4.78, 5) is 34.1. The Morgan fingerprint density at radius 2 is 1.58 bits per heavy atom. The number of carbonyl (C=O) groups is 2. The van der Waals surface area contributed by atoms with Gasteiger partial charge in [0.05, 0.1) is 24.0 Å². The molecule has 0 radical (unpaired) electrons. The molecule has 5 rings (SSSR count). The van der Waals surface area contributed by atoms with Crippen molar-refractivity contribution >= 4 is 23.2 Å². The standard InChI is InChI=1S/C26H23FN2O4/c1-2-16-32-19-14-12-17(13-15-19)28-25(30)22-23(20-10-6-7-11-21(20)27)29(33-24(22)26(28)31)18-8-4-3-5-9-18/h3-15,22-24H,2,16H2,1H3/t22-,23+,24+/m1/s1. The summed E-state index contributed by atoms with van der Waals surface area (Å²) in [5, 5.41) is 1.49. The molecule has 0 bridgehead atoms. The summed E-state index contributed by atoms with van der Waals surface area (Å²) in [6.07, 6.45) is -0.167. The van der Waals surface area contributed by atoms with Crippen LogP contribution in [0.4, 0.5) is 15.8 Å². The average Bonchev–Trinajstić information content (AvgIpc) is 3.35. The Balaban J connectivity index is 1.51. The number of fused-ring (bicyclic) bond motifs is 1. The zero-order valence-electron chi connectivity index (χ0n) is 18.1. The van der Waals surface area contributed by atoms with E-state index in [0.717, 1.165) is 11.3 Å². The molecule has 3 atom stereocenters. The van der Waals surface area contributed by atoms with E-state index in [1.807, 2.05) is 25.1 Å². The monoisotopic (exact) mass is 446 g/mol. The van der Waals surface area contributed by atoms with Gasteiger partial charge in [0.1, 0.15) is 17.5 Å². The summed E-state index contributed by atoms with van der Waals surface area (Å²) in [5.74, 6) is -1.56. The Kier molecular flexibility index (Phi) is 5.56. The maximum Gasteiger partial charge on any atom is 0.266 e. The van der Waals surface area contributed by atoms with Crippen molar-refractivity contribution in [1.29, 1.82) is 0 Å². The quantitative estimate of drug-likeness (QED) is 0.515. The summed E-state index contributed by atoms with van der Waals surface area (Å²) in [6, 6.07) is 21.4. The normalized spacial score (nSPS) is 22.1. The van der Waals surface area contributed by atoms with E-state index in [1.54, 1.807) is 54.6 Å². The fourth-order valence-electron chi connectivity index (χ4n) is 4.41. The fourth-order valence-corrected chi connectivity index (χ4v) is 4.41. The van der Waals surface area contributed by atoms with E-state index in [-0.39, 0.29) is 0 Å². The number of anilines is 2. The second kappa shape index (κ2) is 8.67. The predicted octanol–water partition coefficient (Wildman–Crippen LogP) is 4.67. The molecule has 2 aliphatic rings. The van der Waals surface area contributed by atoms with Crippen LogP contribution >= 0.6 is 0 Å². The van der Waals surface area contributed by atoms with Crippen LogP contribution in [0.1, 0.15) is 24.9 Å². The summed E-state index contributed by atoms with van der Waals surface area (Å²) >= 11 is 0. The molecular weight excluding hydrogens is 423 g/mol.